The summed E-state index contributed by atoms with van der Waals surface area (Å²) in [6.45, 7) is 3.91. The van der Waals surface area contributed by atoms with E-state index in [2.05, 4.69) is 19.2 Å². The number of hydrogen-bond acceptors (Lipinski definition) is 3. The fraction of sp³-hybridized carbons (Fsp3) is 0.300. The Morgan fingerprint density at radius 3 is 2.27 bits per heavy atom. The predicted octanol–water partition coefficient (Wildman–Crippen LogP) is 5.23. The van der Waals surface area contributed by atoms with Crippen LogP contribution in [0.5, 0.6) is 0 Å². The molecule has 1 amide bonds. The van der Waals surface area contributed by atoms with E-state index in [-0.39, 0.29) is 13.0 Å². The number of carbonyl (C=O) groups excluding carboxylic acids is 2. The van der Waals surface area contributed by atoms with Crippen LogP contribution in [0.25, 0.3) is 0 Å². The van der Waals surface area contributed by atoms with Gasteiger partial charge in [0.2, 0.25) is 0 Å². The Hall–Kier alpha value is -2.04. The summed E-state index contributed by atoms with van der Waals surface area (Å²) in [5.74, 6) is -0.500. The Bertz CT molecular complexity index is 755. The third kappa shape index (κ3) is 5.75. The fourth-order valence-corrected chi connectivity index (χ4v) is 2.90. The van der Waals surface area contributed by atoms with E-state index >= 15 is 0 Å². The normalized spacial score (nSPS) is 11.7. The van der Waals surface area contributed by atoms with Gasteiger partial charge >= 0.3 is 5.97 Å². The minimum Gasteiger partial charge on any atom is -0.455 e. The monoisotopic (exact) mass is 393 g/mol. The van der Waals surface area contributed by atoms with E-state index in [0.717, 1.165) is 6.42 Å². The number of nitrogens with one attached hydrogen (secondary N) is 1. The number of benzene rings is 2. The summed E-state index contributed by atoms with van der Waals surface area (Å²) in [6.07, 6.45) is 0.965. The van der Waals surface area contributed by atoms with Crippen LogP contribution in [0, 0.1) is 0 Å². The molecule has 2 aromatic rings. The zero-order chi connectivity index (χ0) is 19.1. The van der Waals surface area contributed by atoms with Gasteiger partial charge in [-0.3, -0.25) is 9.59 Å². The number of halogens is 2. The highest BCUT2D eigenvalue weighted by Gasteiger charge is 2.13. The molecule has 2 aromatic carbocycles. The highest BCUT2D eigenvalue weighted by Crippen LogP contribution is 2.25. The first-order valence-electron chi connectivity index (χ1n) is 8.39. The lowest BCUT2D eigenvalue weighted by atomic mass is 9.99. The Labute approximate surface area is 163 Å². The van der Waals surface area contributed by atoms with Crippen LogP contribution in [0.15, 0.2) is 42.5 Å². The molecule has 0 aliphatic heterocycles. The molecule has 2 rings (SSSR count). The molecule has 6 heteroatoms. The first-order chi connectivity index (χ1) is 12.4. The van der Waals surface area contributed by atoms with E-state index in [0.29, 0.717) is 27.2 Å². The molecule has 1 atom stereocenters. The minimum absolute atomic E-state index is 0.0879. The van der Waals surface area contributed by atoms with Gasteiger partial charge in [0.05, 0.1) is 6.42 Å². The molecule has 0 aliphatic rings. The number of ether oxygens (including phenoxy) is 1. The number of esters is 1. The zero-order valence-corrected chi connectivity index (χ0v) is 16.2. The van der Waals surface area contributed by atoms with E-state index in [9.17, 15) is 9.59 Å². The number of rotatable bonds is 7. The first kappa shape index (κ1) is 20.3. The molecule has 0 radical (unpaired) electrons. The van der Waals surface area contributed by atoms with Crippen LogP contribution in [0.1, 0.15) is 37.3 Å². The highest BCUT2D eigenvalue weighted by atomic mass is 35.5. The summed E-state index contributed by atoms with van der Waals surface area (Å²) in [6, 6.07) is 12.6. The van der Waals surface area contributed by atoms with E-state index in [1.807, 2.05) is 24.3 Å². The number of carbonyl (C=O) groups is 2. The summed E-state index contributed by atoms with van der Waals surface area (Å²) in [7, 11) is 0. The standard InChI is InChI=1S/C20H21Cl2NO3/c1-3-13(2)14-7-9-15(10-8-14)23-19(24)12-26-20(25)11-16-17(21)5-4-6-18(16)22/h4-10,13H,3,11-12H2,1-2H3,(H,23,24)/t13-/m0/s1. The molecule has 0 heterocycles. The summed E-state index contributed by atoms with van der Waals surface area (Å²) in [4.78, 5) is 23.8. The topological polar surface area (TPSA) is 55.4 Å². The maximum Gasteiger partial charge on any atom is 0.310 e. The molecule has 4 nitrogen and oxygen atoms in total. The van der Waals surface area contributed by atoms with Crippen molar-refractivity contribution < 1.29 is 14.3 Å². The van der Waals surface area contributed by atoms with Crippen LogP contribution in [-0.2, 0) is 20.7 Å². The van der Waals surface area contributed by atoms with Crippen LogP contribution in [0.3, 0.4) is 0 Å². The highest BCUT2D eigenvalue weighted by molar-refractivity contribution is 6.36. The van der Waals surface area contributed by atoms with Crippen molar-refractivity contribution in [2.24, 2.45) is 0 Å². The molecule has 26 heavy (non-hydrogen) atoms. The first-order valence-corrected chi connectivity index (χ1v) is 9.14. The molecular weight excluding hydrogens is 373 g/mol. The van der Waals surface area contributed by atoms with Crippen LogP contribution < -0.4 is 5.32 Å². The Kier molecular flexibility index (Phi) is 7.49. The summed E-state index contributed by atoms with van der Waals surface area (Å²) in [5, 5.41) is 3.48. The maximum absolute atomic E-state index is 11.9. The van der Waals surface area contributed by atoms with Crippen molar-refractivity contribution >= 4 is 40.8 Å². The predicted molar refractivity (Wildman–Crippen MR) is 105 cm³/mol. The second kappa shape index (κ2) is 9.60. The van der Waals surface area contributed by atoms with Gasteiger partial charge in [-0.15, -0.1) is 0 Å². The summed E-state index contributed by atoms with van der Waals surface area (Å²) >= 11 is 12.0. The molecule has 0 saturated heterocycles. The van der Waals surface area contributed by atoms with Gasteiger partial charge in [-0.05, 0) is 42.2 Å². The smallest absolute Gasteiger partial charge is 0.310 e. The molecule has 0 aromatic heterocycles. The average molecular weight is 394 g/mol. The molecule has 0 bridgehead atoms. The molecule has 0 saturated carbocycles. The second-order valence-electron chi connectivity index (χ2n) is 6.02. The van der Waals surface area contributed by atoms with Crippen molar-refractivity contribution in [1.82, 2.24) is 0 Å². The van der Waals surface area contributed by atoms with Crippen molar-refractivity contribution in [2.45, 2.75) is 32.6 Å². The van der Waals surface area contributed by atoms with Gasteiger partial charge in [-0.2, -0.15) is 0 Å². The van der Waals surface area contributed by atoms with Gasteiger partial charge in [-0.1, -0.05) is 55.2 Å². The van der Waals surface area contributed by atoms with Gasteiger partial charge in [0, 0.05) is 21.3 Å². The third-order valence-electron chi connectivity index (χ3n) is 4.12. The average Bonchev–Trinajstić information content (AvgIpc) is 2.63. The minimum atomic E-state index is -0.567. The van der Waals surface area contributed by atoms with E-state index < -0.39 is 11.9 Å². The fourth-order valence-electron chi connectivity index (χ4n) is 2.37. The molecule has 0 aliphatic carbocycles. The molecular formula is C20H21Cl2NO3. The van der Waals surface area contributed by atoms with Crippen molar-refractivity contribution in [3.63, 3.8) is 0 Å². The lowest BCUT2D eigenvalue weighted by molar-refractivity contribution is -0.146. The van der Waals surface area contributed by atoms with Crippen LogP contribution in [-0.4, -0.2) is 18.5 Å². The molecule has 0 unspecified atom stereocenters. The van der Waals surface area contributed by atoms with E-state index in [4.69, 9.17) is 27.9 Å². The van der Waals surface area contributed by atoms with Gasteiger partial charge in [0.1, 0.15) is 0 Å². The number of anilines is 1. The van der Waals surface area contributed by atoms with Crippen LogP contribution in [0.2, 0.25) is 10.0 Å². The van der Waals surface area contributed by atoms with Gasteiger partial charge < -0.3 is 10.1 Å². The Morgan fingerprint density at radius 1 is 1.08 bits per heavy atom. The van der Waals surface area contributed by atoms with Crippen LogP contribution >= 0.6 is 23.2 Å². The molecule has 0 spiro atoms. The summed E-state index contributed by atoms with van der Waals surface area (Å²) in [5.41, 5.74) is 2.36. The second-order valence-corrected chi connectivity index (χ2v) is 6.83. The van der Waals surface area contributed by atoms with Gasteiger partial charge in [0.25, 0.3) is 5.91 Å². The lowest BCUT2D eigenvalue weighted by Crippen LogP contribution is -2.21. The van der Waals surface area contributed by atoms with E-state index in [1.54, 1.807) is 18.2 Å². The number of hydrogen-bond donors (Lipinski definition) is 1. The van der Waals surface area contributed by atoms with Gasteiger partial charge in [-0.25, -0.2) is 0 Å². The van der Waals surface area contributed by atoms with E-state index in [1.165, 1.54) is 5.56 Å². The van der Waals surface area contributed by atoms with Crippen molar-refractivity contribution in [2.75, 3.05) is 11.9 Å². The molecule has 1 N–H and O–H groups in total. The van der Waals surface area contributed by atoms with Crippen molar-refractivity contribution in [1.29, 1.82) is 0 Å². The molecule has 0 fully saturated rings. The Morgan fingerprint density at radius 2 is 1.69 bits per heavy atom. The van der Waals surface area contributed by atoms with Crippen molar-refractivity contribution in [3.8, 4) is 0 Å². The quantitative estimate of drug-likeness (QED) is 0.654. The van der Waals surface area contributed by atoms with Crippen LogP contribution in [0.4, 0.5) is 5.69 Å². The number of amides is 1. The largest absolute Gasteiger partial charge is 0.455 e. The maximum atomic E-state index is 11.9. The summed E-state index contributed by atoms with van der Waals surface area (Å²) < 4.78 is 5.00. The zero-order valence-electron chi connectivity index (χ0n) is 14.7. The molecule has 138 valence electrons. The third-order valence-corrected chi connectivity index (χ3v) is 4.83. The van der Waals surface area contributed by atoms with Crippen molar-refractivity contribution in [3.05, 3.63) is 63.6 Å². The Balaban J connectivity index is 1.84. The lowest BCUT2D eigenvalue weighted by Gasteiger charge is -2.11. The SMILES string of the molecule is CC[C@H](C)c1ccc(NC(=O)COC(=O)Cc2c(Cl)cccc2Cl)cc1. The van der Waals surface area contributed by atoms with Gasteiger partial charge in [0.15, 0.2) is 6.61 Å².